The number of esters is 1. The average Bonchev–Trinajstić information content (AvgIpc) is 2.35. The number of ether oxygens (including phenoxy) is 1. The van der Waals surface area contributed by atoms with Crippen LogP contribution in [0.4, 0.5) is 8.78 Å². The predicted octanol–water partition coefficient (Wildman–Crippen LogP) is 1.13. The molecule has 0 aliphatic rings. The molecule has 1 aromatic carbocycles. The van der Waals surface area contributed by atoms with E-state index in [4.69, 9.17) is 0 Å². The quantitative estimate of drug-likeness (QED) is 0.581. The summed E-state index contributed by atoms with van der Waals surface area (Å²) in [6.07, 6.45) is -0.391. The van der Waals surface area contributed by atoms with Gasteiger partial charge in [0.25, 0.3) is 0 Å². The molecule has 0 heterocycles. The first kappa shape index (κ1) is 16.2. The molecule has 0 bridgehead atoms. The van der Waals surface area contributed by atoms with Crippen molar-refractivity contribution in [1.82, 2.24) is 0 Å². The summed E-state index contributed by atoms with van der Waals surface area (Å²) in [7, 11) is -2.77. The first-order chi connectivity index (χ1) is 9.25. The maximum Gasteiger partial charge on any atom is 0.306 e. The van der Waals surface area contributed by atoms with Crippen molar-refractivity contribution in [1.29, 1.82) is 0 Å². The Bertz CT molecular complexity index is 625. The van der Waals surface area contributed by atoms with Gasteiger partial charge in [-0.3, -0.25) is 9.59 Å². The fourth-order valence-electron chi connectivity index (χ4n) is 1.41. The number of sulfone groups is 1. The van der Waals surface area contributed by atoms with Gasteiger partial charge in [-0.05, 0) is 12.1 Å². The summed E-state index contributed by atoms with van der Waals surface area (Å²) < 4.78 is 53.4. The summed E-state index contributed by atoms with van der Waals surface area (Å²) in [5.74, 6) is -5.24. The average molecular weight is 306 g/mol. The van der Waals surface area contributed by atoms with Gasteiger partial charge in [0, 0.05) is 6.07 Å². The minimum absolute atomic E-state index is 0.391. The van der Waals surface area contributed by atoms with Crippen molar-refractivity contribution in [2.24, 2.45) is 0 Å². The molecule has 0 saturated carbocycles. The number of ketones is 1. The van der Waals surface area contributed by atoms with E-state index < -0.39 is 56.7 Å². The second-order valence-corrected chi connectivity index (χ2v) is 6.15. The molecule has 0 fully saturated rings. The molecule has 1 rings (SSSR count). The summed E-state index contributed by atoms with van der Waals surface area (Å²) >= 11 is 0. The Balaban J connectivity index is 2.76. The Morgan fingerprint density at radius 2 is 1.90 bits per heavy atom. The van der Waals surface area contributed by atoms with Gasteiger partial charge < -0.3 is 4.74 Å². The van der Waals surface area contributed by atoms with Crippen molar-refractivity contribution < 1.29 is 31.5 Å². The Kier molecular flexibility index (Phi) is 5.32. The molecule has 0 unspecified atom stereocenters. The molecule has 0 saturated heterocycles. The lowest BCUT2D eigenvalue weighted by Gasteiger charge is -2.04. The van der Waals surface area contributed by atoms with E-state index in [0.29, 0.717) is 6.07 Å². The Labute approximate surface area is 114 Å². The first-order valence-corrected chi connectivity index (χ1v) is 7.33. The summed E-state index contributed by atoms with van der Waals surface area (Å²) in [5, 5.41) is 0. The van der Waals surface area contributed by atoms with Crippen LogP contribution in [0.1, 0.15) is 16.8 Å². The third kappa shape index (κ3) is 4.69. The number of methoxy groups -OCH3 is 1. The Morgan fingerprint density at radius 1 is 1.25 bits per heavy atom. The molecule has 1 aromatic rings. The number of hydrogen-bond donors (Lipinski definition) is 0. The highest BCUT2D eigenvalue weighted by atomic mass is 32.2. The van der Waals surface area contributed by atoms with Gasteiger partial charge in [-0.2, -0.15) is 0 Å². The van der Waals surface area contributed by atoms with Crippen LogP contribution in [0.5, 0.6) is 0 Å². The maximum atomic E-state index is 13.3. The van der Waals surface area contributed by atoms with Gasteiger partial charge in [0.15, 0.2) is 15.6 Å². The van der Waals surface area contributed by atoms with Crippen molar-refractivity contribution in [2.45, 2.75) is 6.42 Å². The number of carbonyl (C=O) groups excluding carboxylic acids is 2. The molecule has 20 heavy (non-hydrogen) atoms. The second kappa shape index (κ2) is 6.56. The van der Waals surface area contributed by atoms with Crippen LogP contribution in [-0.2, 0) is 19.4 Å². The number of hydrogen-bond acceptors (Lipinski definition) is 5. The molecule has 0 aromatic heterocycles. The lowest BCUT2D eigenvalue weighted by molar-refractivity contribution is -0.140. The van der Waals surface area contributed by atoms with Crippen molar-refractivity contribution in [3.8, 4) is 0 Å². The van der Waals surface area contributed by atoms with Crippen LogP contribution in [0, 0.1) is 11.6 Å². The molecule has 0 amide bonds. The molecule has 0 aliphatic heterocycles. The highest BCUT2D eigenvalue weighted by Gasteiger charge is 2.21. The highest BCUT2D eigenvalue weighted by Crippen LogP contribution is 2.11. The van der Waals surface area contributed by atoms with Crippen LogP contribution in [0.2, 0.25) is 0 Å². The summed E-state index contributed by atoms with van der Waals surface area (Å²) in [5.41, 5.74) is -0.506. The molecule has 0 radical (unpaired) electrons. The van der Waals surface area contributed by atoms with Gasteiger partial charge in [0.1, 0.15) is 17.4 Å². The van der Waals surface area contributed by atoms with Gasteiger partial charge in [0.05, 0.1) is 24.8 Å². The number of Topliss-reactive ketones (excluding diaryl/α,β-unsaturated/α-hetero) is 1. The van der Waals surface area contributed by atoms with E-state index in [2.05, 4.69) is 4.74 Å². The van der Waals surface area contributed by atoms with E-state index >= 15 is 0 Å². The van der Waals surface area contributed by atoms with Crippen LogP contribution in [0.15, 0.2) is 18.2 Å². The zero-order valence-corrected chi connectivity index (χ0v) is 11.4. The van der Waals surface area contributed by atoms with Gasteiger partial charge in [-0.25, -0.2) is 17.2 Å². The summed E-state index contributed by atoms with van der Waals surface area (Å²) in [6, 6.07) is 2.23. The minimum Gasteiger partial charge on any atom is -0.469 e. The minimum atomic E-state index is -3.87. The number of carbonyl (C=O) groups is 2. The molecule has 5 nitrogen and oxygen atoms in total. The number of halogens is 2. The van der Waals surface area contributed by atoms with E-state index in [0.717, 1.165) is 19.2 Å². The van der Waals surface area contributed by atoms with Crippen LogP contribution in [0.3, 0.4) is 0 Å². The standard InChI is InChI=1S/C12H12F2O5S/c1-19-12(16)4-5-20(17,18)7-11(15)9-3-2-8(13)6-10(9)14/h2-3,6H,4-5,7H2,1H3. The van der Waals surface area contributed by atoms with Gasteiger partial charge in [-0.15, -0.1) is 0 Å². The lowest BCUT2D eigenvalue weighted by atomic mass is 10.1. The molecule has 0 spiro atoms. The monoisotopic (exact) mass is 306 g/mol. The fraction of sp³-hybridized carbons (Fsp3) is 0.333. The van der Waals surface area contributed by atoms with E-state index in [-0.39, 0.29) is 0 Å². The van der Waals surface area contributed by atoms with E-state index in [9.17, 15) is 26.8 Å². The van der Waals surface area contributed by atoms with Gasteiger partial charge >= 0.3 is 5.97 Å². The SMILES string of the molecule is COC(=O)CCS(=O)(=O)CC(=O)c1ccc(F)cc1F. The second-order valence-electron chi connectivity index (χ2n) is 3.97. The van der Waals surface area contributed by atoms with E-state index in [1.807, 2.05) is 0 Å². The molecule has 8 heteroatoms. The van der Waals surface area contributed by atoms with Gasteiger partial charge in [0.2, 0.25) is 0 Å². The molecular weight excluding hydrogens is 294 g/mol. The van der Waals surface area contributed by atoms with Crippen molar-refractivity contribution in [2.75, 3.05) is 18.6 Å². The van der Waals surface area contributed by atoms with E-state index in [1.54, 1.807) is 0 Å². The molecular formula is C12H12F2O5S. The largest absolute Gasteiger partial charge is 0.469 e. The lowest BCUT2D eigenvalue weighted by Crippen LogP contribution is -2.21. The topological polar surface area (TPSA) is 77.5 Å². The zero-order valence-electron chi connectivity index (χ0n) is 10.6. The van der Waals surface area contributed by atoms with Crippen molar-refractivity contribution >= 4 is 21.6 Å². The smallest absolute Gasteiger partial charge is 0.306 e. The molecule has 0 aliphatic carbocycles. The predicted molar refractivity (Wildman–Crippen MR) is 66.0 cm³/mol. The van der Waals surface area contributed by atoms with Crippen LogP contribution in [-0.4, -0.2) is 38.8 Å². The van der Waals surface area contributed by atoms with Crippen molar-refractivity contribution in [3.63, 3.8) is 0 Å². The zero-order chi connectivity index (χ0) is 15.3. The molecule has 0 atom stereocenters. The first-order valence-electron chi connectivity index (χ1n) is 5.50. The third-order valence-corrected chi connectivity index (χ3v) is 3.96. The Hall–Kier alpha value is -1.83. The molecule has 0 N–H and O–H groups in total. The van der Waals surface area contributed by atoms with Crippen LogP contribution >= 0.6 is 0 Å². The van der Waals surface area contributed by atoms with Crippen molar-refractivity contribution in [3.05, 3.63) is 35.4 Å². The van der Waals surface area contributed by atoms with Crippen LogP contribution in [0.25, 0.3) is 0 Å². The fourth-order valence-corrected chi connectivity index (χ4v) is 2.58. The van der Waals surface area contributed by atoms with E-state index in [1.165, 1.54) is 0 Å². The third-order valence-electron chi connectivity index (χ3n) is 2.43. The molecule has 110 valence electrons. The highest BCUT2D eigenvalue weighted by molar-refractivity contribution is 7.92. The number of rotatable bonds is 6. The normalized spacial score (nSPS) is 11.2. The summed E-state index contributed by atoms with van der Waals surface area (Å²) in [4.78, 5) is 22.5. The Morgan fingerprint density at radius 3 is 2.45 bits per heavy atom. The summed E-state index contributed by atoms with van der Waals surface area (Å²) in [6.45, 7) is 0. The number of benzene rings is 1. The maximum absolute atomic E-state index is 13.3. The van der Waals surface area contributed by atoms with Gasteiger partial charge in [-0.1, -0.05) is 0 Å². The van der Waals surface area contributed by atoms with Crippen LogP contribution < -0.4 is 0 Å².